The van der Waals surface area contributed by atoms with E-state index in [1.54, 1.807) is 6.92 Å². The lowest BCUT2D eigenvalue weighted by atomic mass is 9.96. The Hall–Kier alpha value is -2.83. The summed E-state index contributed by atoms with van der Waals surface area (Å²) >= 11 is 0. The second-order valence-corrected chi connectivity index (χ2v) is 7.02. The predicted molar refractivity (Wildman–Crippen MR) is 103 cm³/mol. The molecule has 140 valence electrons. The van der Waals surface area contributed by atoms with Gasteiger partial charge in [0.2, 0.25) is 5.91 Å². The molecule has 0 saturated heterocycles. The van der Waals surface area contributed by atoms with Crippen molar-refractivity contribution in [1.82, 2.24) is 9.13 Å². The maximum absolute atomic E-state index is 12.6. The minimum atomic E-state index is -0.626. The number of hydrogen-bond acceptors (Lipinski definition) is 4. The van der Waals surface area contributed by atoms with Gasteiger partial charge in [-0.3, -0.25) is 18.7 Å². The second kappa shape index (κ2) is 7.59. The van der Waals surface area contributed by atoms with E-state index >= 15 is 0 Å². The third-order valence-electron chi connectivity index (χ3n) is 4.48. The molecule has 3 N–H and O–H groups in total. The van der Waals surface area contributed by atoms with E-state index < -0.39 is 17.2 Å². The van der Waals surface area contributed by atoms with Crippen LogP contribution in [-0.4, -0.2) is 15.0 Å². The lowest BCUT2D eigenvalue weighted by Crippen LogP contribution is -2.40. The van der Waals surface area contributed by atoms with Gasteiger partial charge < -0.3 is 11.1 Å². The van der Waals surface area contributed by atoms with Crippen LogP contribution in [0.15, 0.2) is 33.9 Å². The molecule has 0 fully saturated rings. The van der Waals surface area contributed by atoms with Crippen LogP contribution in [0.25, 0.3) is 0 Å². The Morgan fingerprint density at radius 1 is 1.08 bits per heavy atom. The molecule has 0 aliphatic rings. The number of aromatic nitrogens is 2. The number of carbonyl (C=O) groups excluding carboxylic acids is 1. The predicted octanol–water partition coefficient (Wildman–Crippen LogP) is 1.61. The van der Waals surface area contributed by atoms with E-state index in [1.807, 2.05) is 24.3 Å². The van der Waals surface area contributed by atoms with Crippen molar-refractivity contribution >= 4 is 17.4 Å². The van der Waals surface area contributed by atoms with Crippen molar-refractivity contribution in [3.05, 3.63) is 56.2 Å². The van der Waals surface area contributed by atoms with Crippen LogP contribution in [0.4, 0.5) is 11.5 Å². The Bertz CT molecular complexity index is 924. The van der Waals surface area contributed by atoms with Gasteiger partial charge >= 0.3 is 5.69 Å². The smallest absolute Gasteiger partial charge is 0.332 e. The number of nitrogen functional groups attached to an aromatic ring is 1. The van der Waals surface area contributed by atoms with Gasteiger partial charge in [0.25, 0.3) is 5.56 Å². The highest BCUT2D eigenvalue weighted by Crippen LogP contribution is 2.20. The number of nitrogens with two attached hydrogens (primary N) is 1. The van der Waals surface area contributed by atoms with Gasteiger partial charge in [-0.1, -0.05) is 38.1 Å². The molecule has 7 heteroatoms. The number of rotatable bonds is 5. The van der Waals surface area contributed by atoms with Crippen molar-refractivity contribution < 1.29 is 4.79 Å². The number of anilines is 2. The maximum Gasteiger partial charge on any atom is 0.332 e. The van der Waals surface area contributed by atoms with Gasteiger partial charge in [0.15, 0.2) is 0 Å². The average Bonchev–Trinajstić information content (AvgIpc) is 2.61. The molecular weight excluding hydrogens is 332 g/mol. The van der Waals surface area contributed by atoms with Crippen LogP contribution in [0.5, 0.6) is 0 Å². The maximum atomic E-state index is 12.6. The third-order valence-corrected chi connectivity index (χ3v) is 4.48. The number of nitrogens with one attached hydrogen (secondary N) is 1. The van der Waals surface area contributed by atoms with Crippen LogP contribution in [0.3, 0.4) is 0 Å². The highest BCUT2D eigenvalue weighted by molar-refractivity contribution is 5.97. The molecule has 7 nitrogen and oxygen atoms in total. The van der Waals surface area contributed by atoms with E-state index in [4.69, 9.17) is 5.73 Å². The monoisotopic (exact) mass is 358 g/mol. The molecule has 0 unspecified atom stereocenters. The highest BCUT2D eigenvalue weighted by atomic mass is 16.2. The Balaban J connectivity index is 2.25. The van der Waals surface area contributed by atoms with Gasteiger partial charge in [0.1, 0.15) is 11.5 Å². The Labute approximate surface area is 152 Å². The minimum absolute atomic E-state index is 0.0640. The van der Waals surface area contributed by atoms with E-state index in [0.717, 1.165) is 21.1 Å². The molecule has 0 radical (unpaired) electrons. The molecule has 1 amide bonds. The zero-order chi connectivity index (χ0) is 19.6. The first-order valence-electron chi connectivity index (χ1n) is 8.58. The molecule has 0 bridgehead atoms. The van der Waals surface area contributed by atoms with Crippen molar-refractivity contribution in [1.29, 1.82) is 0 Å². The SMILES string of the molecule is CC(C)Cc1ccc([C@H](C)C(=O)Nc2c(N)n(C)c(=O)n(C)c2=O)cc1. The molecule has 1 heterocycles. The molecule has 0 spiro atoms. The molecule has 2 aromatic rings. The van der Waals surface area contributed by atoms with E-state index in [0.29, 0.717) is 5.92 Å². The van der Waals surface area contributed by atoms with E-state index in [-0.39, 0.29) is 17.4 Å². The fourth-order valence-electron chi connectivity index (χ4n) is 2.77. The molecule has 0 saturated carbocycles. The Kier molecular flexibility index (Phi) is 5.69. The van der Waals surface area contributed by atoms with Crippen molar-refractivity contribution in [2.75, 3.05) is 11.1 Å². The number of amides is 1. The number of benzene rings is 1. The molecule has 0 aliphatic carbocycles. The summed E-state index contributed by atoms with van der Waals surface area (Å²) < 4.78 is 2.04. The van der Waals surface area contributed by atoms with Gasteiger partial charge in [-0.2, -0.15) is 0 Å². The summed E-state index contributed by atoms with van der Waals surface area (Å²) in [7, 11) is 2.79. The zero-order valence-corrected chi connectivity index (χ0v) is 15.9. The first-order chi connectivity index (χ1) is 12.1. The van der Waals surface area contributed by atoms with Gasteiger partial charge in [-0.05, 0) is 30.4 Å². The van der Waals surface area contributed by atoms with Crippen LogP contribution in [0, 0.1) is 5.92 Å². The quantitative estimate of drug-likeness (QED) is 0.848. The molecule has 1 aromatic heterocycles. The summed E-state index contributed by atoms with van der Waals surface area (Å²) in [5.74, 6) is -0.329. The van der Waals surface area contributed by atoms with Crippen LogP contribution in [0.1, 0.15) is 37.8 Å². The van der Waals surface area contributed by atoms with Gasteiger partial charge in [0, 0.05) is 14.1 Å². The van der Waals surface area contributed by atoms with Crippen molar-refractivity contribution in [3.8, 4) is 0 Å². The normalized spacial score (nSPS) is 12.2. The van der Waals surface area contributed by atoms with Crippen LogP contribution in [0.2, 0.25) is 0 Å². The van der Waals surface area contributed by atoms with Crippen molar-refractivity contribution in [2.24, 2.45) is 20.0 Å². The summed E-state index contributed by atoms with van der Waals surface area (Å²) in [6.45, 7) is 6.07. The molecule has 1 atom stereocenters. The van der Waals surface area contributed by atoms with E-state index in [1.165, 1.54) is 19.7 Å². The van der Waals surface area contributed by atoms with Gasteiger partial charge in [-0.25, -0.2) is 4.79 Å². The highest BCUT2D eigenvalue weighted by Gasteiger charge is 2.20. The fraction of sp³-hybridized carbons (Fsp3) is 0.421. The topological polar surface area (TPSA) is 99.1 Å². The lowest BCUT2D eigenvalue weighted by molar-refractivity contribution is -0.117. The molecular formula is C19H26N4O3. The zero-order valence-electron chi connectivity index (χ0n) is 15.9. The Morgan fingerprint density at radius 3 is 2.19 bits per heavy atom. The standard InChI is InChI=1S/C19H26N4O3/c1-11(2)10-13-6-8-14(9-7-13)12(3)17(24)21-15-16(20)22(4)19(26)23(5)18(15)25/h6-9,11-12H,10,20H2,1-5H3,(H,21,24)/t12-/m0/s1. The van der Waals surface area contributed by atoms with Gasteiger partial charge in [-0.15, -0.1) is 0 Å². The number of carbonyl (C=O) groups is 1. The summed E-state index contributed by atoms with van der Waals surface area (Å²) in [5.41, 5.74) is 6.65. The third kappa shape index (κ3) is 3.87. The van der Waals surface area contributed by atoms with Crippen molar-refractivity contribution in [3.63, 3.8) is 0 Å². The summed E-state index contributed by atoms with van der Waals surface area (Å²) in [6.07, 6.45) is 0.978. The van der Waals surface area contributed by atoms with E-state index in [9.17, 15) is 14.4 Å². The lowest BCUT2D eigenvalue weighted by Gasteiger charge is -2.16. The molecule has 26 heavy (non-hydrogen) atoms. The first kappa shape index (κ1) is 19.5. The summed E-state index contributed by atoms with van der Waals surface area (Å²) in [5, 5.41) is 2.58. The van der Waals surface area contributed by atoms with Crippen LogP contribution in [-0.2, 0) is 25.3 Å². The minimum Gasteiger partial charge on any atom is -0.383 e. The number of hydrogen-bond donors (Lipinski definition) is 2. The number of nitrogens with zero attached hydrogens (tertiary/aromatic N) is 2. The second-order valence-electron chi connectivity index (χ2n) is 7.02. The largest absolute Gasteiger partial charge is 0.383 e. The summed E-state index contributed by atoms with van der Waals surface area (Å²) in [6, 6.07) is 7.87. The van der Waals surface area contributed by atoms with Gasteiger partial charge in [0.05, 0.1) is 5.92 Å². The van der Waals surface area contributed by atoms with Crippen molar-refractivity contribution in [2.45, 2.75) is 33.1 Å². The van der Waals surface area contributed by atoms with E-state index in [2.05, 4.69) is 19.2 Å². The molecule has 0 aliphatic heterocycles. The Morgan fingerprint density at radius 2 is 1.65 bits per heavy atom. The molecule has 1 aromatic carbocycles. The first-order valence-corrected chi connectivity index (χ1v) is 8.58. The summed E-state index contributed by atoms with van der Waals surface area (Å²) in [4.78, 5) is 36.7. The van der Waals surface area contributed by atoms with Crippen LogP contribution >= 0.6 is 0 Å². The fourth-order valence-corrected chi connectivity index (χ4v) is 2.77. The average molecular weight is 358 g/mol. The molecule has 2 rings (SSSR count). The van der Waals surface area contributed by atoms with Crippen LogP contribution < -0.4 is 22.3 Å².